The lowest BCUT2D eigenvalue weighted by Gasteiger charge is -2.31. The summed E-state index contributed by atoms with van der Waals surface area (Å²) in [5.41, 5.74) is 3.64. The summed E-state index contributed by atoms with van der Waals surface area (Å²) in [7, 11) is -3.19. The van der Waals surface area contributed by atoms with Gasteiger partial charge in [0.2, 0.25) is 0 Å². The Morgan fingerprint density at radius 3 is 2.50 bits per heavy atom. The maximum Gasteiger partial charge on any atom is 0.171 e. The van der Waals surface area contributed by atoms with Crippen LogP contribution in [0.1, 0.15) is 38.5 Å². The van der Waals surface area contributed by atoms with E-state index in [2.05, 4.69) is 6.58 Å². The van der Waals surface area contributed by atoms with Crippen molar-refractivity contribution in [1.29, 1.82) is 0 Å². The molecule has 0 N–H and O–H groups in total. The minimum Gasteiger partial charge on any atom is -0.227 e. The number of sulfone groups is 1. The molecule has 90 valence electrons. The summed E-state index contributed by atoms with van der Waals surface area (Å²) in [6.45, 7) is 3.93. The van der Waals surface area contributed by atoms with E-state index in [1.807, 2.05) is 0 Å². The molecule has 0 amide bonds. The van der Waals surface area contributed by atoms with E-state index >= 15 is 0 Å². The van der Waals surface area contributed by atoms with Crippen LogP contribution in [0.15, 0.2) is 23.3 Å². The number of hydrogen-bond acceptors (Lipinski definition) is 2. The Morgan fingerprint density at radius 1 is 1.25 bits per heavy atom. The molecule has 0 heterocycles. The van der Waals surface area contributed by atoms with Gasteiger partial charge in [-0.05, 0) is 38.5 Å². The third-order valence-electron chi connectivity index (χ3n) is 3.62. The standard InChI is InChI=1S/C12H17ClO2S/c1-9-6-10-4-2-3-5-11(10)7-12(9)16(14,15)8-13/h12H,1-8H2. The smallest absolute Gasteiger partial charge is 0.171 e. The lowest BCUT2D eigenvalue weighted by molar-refractivity contribution is 0.569. The molecule has 0 spiro atoms. The van der Waals surface area contributed by atoms with E-state index < -0.39 is 15.1 Å². The second kappa shape index (κ2) is 4.53. The number of rotatable bonds is 2. The van der Waals surface area contributed by atoms with Gasteiger partial charge in [0.15, 0.2) is 9.84 Å². The van der Waals surface area contributed by atoms with Crippen molar-refractivity contribution >= 4 is 21.4 Å². The van der Waals surface area contributed by atoms with Gasteiger partial charge in [0.1, 0.15) is 5.21 Å². The summed E-state index contributed by atoms with van der Waals surface area (Å²) in [6, 6.07) is 0. The molecule has 2 nitrogen and oxygen atoms in total. The first kappa shape index (κ1) is 12.2. The van der Waals surface area contributed by atoms with Gasteiger partial charge in [0.05, 0.1) is 5.25 Å². The summed E-state index contributed by atoms with van der Waals surface area (Å²) in [5, 5.41) is -0.721. The van der Waals surface area contributed by atoms with Crippen molar-refractivity contribution < 1.29 is 8.42 Å². The first-order chi connectivity index (χ1) is 7.54. The van der Waals surface area contributed by atoms with Crippen LogP contribution in [-0.4, -0.2) is 18.9 Å². The second-order valence-corrected chi connectivity index (χ2v) is 7.48. The molecule has 2 aliphatic carbocycles. The van der Waals surface area contributed by atoms with Crippen LogP contribution in [0.2, 0.25) is 0 Å². The van der Waals surface area contributed by atoms with E-state index in [0.717, 1.165) is 24.8 Å². The third-order valence-corrected chi connectivity index (χ3v) is 6.20. The van der Waals surface area contributed by atoms with Gasteiger partial charge in [-0.25, -0.2) is 8.42 Å². The quantitative estimate of drug-likeness (QED) is 0.564. The monoisotopic (exact) mass is 260 g/mol. The fourth-order valence-electron chi connectivity index (χ4n) is 2.70. The van der Waals surface area contributed by atoms with Gasteiger partial charge < -0.3 is 0 Å². The molecule has 2 rings (SSSR count). The highest BCUT2D eigenvalue weighted by Gasteiger charge is 2.33. The van der Waals surface area contributed by atoms with Crippen LogP contribution < -0.4 is 0 Å². The zero-order valence-electron chi connectivity index (χ0n) is 9.34. The third kappa shape index (κ3) is 2.21. The van der Waals surface area contributed by atoms with E-state index in [9.17, 15) is 8.42 Å². The lowest BCUT2D eigenvalue weighted by atomic mass is 9.80. The van der Waals surface area contributed by atoms with E-state index in [1.54, 1.807) is 0 Å². The van der Waals surface area contributed by atoms with Crippen molar-refractivity contribution in [1.82, 2.24) is 0 Å². The summed E-state index contributed by atoms with van der Waals surface area (Å²) >= 11 is 5.52. The topological polar surface area (TPSA) is 34.1 Å². The maximum absolute atomic E-state index is 11.8. The van der Waals surface area contributed by atoms with Crippen LogP contribution in [0, 0.1) is 0 Å². The van der Waals surface area contributed by atoms with Gasteiger partial charge in [-0.3, -0.25) is 0 Å². The second-order valence-electron chi connectivity index (χ2n) is 4.71. The van der Waals surface area contributed by atoms with Crippen LogP contribution in [0.25, 0.3) is 0 Å². The van der Waals surface area contributed by atoms with Crippen molar-refractivity contribution in [3.63, 3.8) is 0 Å². The molecule has 0 aromatic carbocycles. The minimum absolute atomic E-state index is 0.292. The minimum atomic E-state index is -3.19. The Balaban J connectivity index is 2.27. The highest BCUT2D eigenvalue weighted by molar-refractivity contribution is 7.93. The summed E-state index contributed by atoms with van der Waals surface area (Å²) in [5.74, 6) is 0. The molecule has 0 saturated heterocycles. The molecule has 0 aromatic rings. The summed E-state index contributed by atoms with van der Waals surface area (Å²) in [6.07, 6.45) is 6.04. The molecule has 0 bridgehead atoms. The molecule has 1 atom stereocenters. The van der Waals surface area contributed by atoms with Gasteiger partial charge in [-0.1, -0.05) is 23.3 Å². The van der Waals surface area contributed by atoms with Crippen LogP contribution >= 0.6 is 11.6 Å². The van der Waals surface area contributed by atoms with Crippen molar-refractivity contribution in [3.8, 4) is 0 Å². The van der Waals surface area contributed by atoms with Gasteiger partial charge in [0, 0.05) is 0 Å². The lowest BCUT2D eigenvalue weighted by Crippen LogP contribution is -2.29. The number of hydrogen-bond donors (Lipinski definition) is 0. The van der Waals surface area contributed by atoms with Crippen molar-refractivity contribution in [2.75, 3.05) is 5.21 Å². The average Bonchev–Trinajstić information content (AvgIpc) is 2.28. The Bertz CT molecular complexity index is 434. The number of halogens is 1. The van der Waals surface area contributed by atoms with Gasteiger partial charge in [0.25, 0.3) is 0 Å². The Hall–Kier alpha value is -0.280. The number of allylic oxidation sites excluding steroid dienone is 2. The van der Waals surface area contributed by atoms with Crippen LogP contribution in [0.5, 0.6) is 0 Å². The molecule has 0 radical (unpaired) electrons. The van der Waals surface area contributed by atoms with Crippen molar-refractivity contribution in [2.24, 2.45) is 0 Å². The Kier molecular flexibility index (Phi) is 3.45. The molecule has 0 aromatic heterocycles. The fourth-order valence-corrected chi connectivity index (χ4v) is 4.36. The molecular formula is C12H17ClO2S. The van der Waals surface area contributed by atoms with Crippen molar-refractivity contribution in [2.45, 2.75) is 43.8 Å². The fraction of sp³-hybridized carbons (Fsp3) is 0.667. The van der Waals surface area contributed by atoms with Crippen molar-refractivity contribution in [3.05, 3.63) is 23.3 Å². The normalized spacial score (nSPS) is 26.8. The predicted molar refractivity (Wildman–Crippen MR) is 67.3 cm³/mol. The molecule has 0 saturated carbocycles. The molecule has 0 fully saturated rings. The summed E-state index contributed by atoms with van der Waals surface area (Å²) in [4.78, 5) is 0. The Morgan fingerprint density at radius 2 is 1.88 bits per heavy atom. The highest BCUT2D eigenvalue weighted by Crippen LogP contribution is 2.39. The average molecular weight is 261 g/mol. The van der Waals surface area contributed by atoms with Gasteiger partial charge in [-0.15, -0.1) is 11.6 Å². The first-order valence-electron chi connectivity index (χ1n) is 5.69. The van der Waals surface area contributed by atoms with Crippen LogP contribution in [0.4, 0.5) is 0 Å². The van der Waals surface area contributed by atoms with E-state index in [0.29, 0.717) is 6.42 Å². The van der Waals surface area contributed by atoms with Crippen LogP contribution in [0.3, 0.4) is 0 Å². The zero-order valence-corrected chi connectivity index (χ0v) is 10.9. The molecule has 1 unspecified atom stereocenters. The van der Waals surface area contributed by atoms with Crippen LogP contribution in [-0.2, 0) is 9.84 Å². The largest absolute Gasteiger partial charge is 0.227 e. The SMILES string of the molecule is C=C1CC2=C(CCCC2)CC1S(=O)(=O)CCl. The maximum atomic E-state index is 11.8. The predicted octanol–water partition coefficient (Wildman–Crippen LogP) is 3.19. The van der Waals surface area contributed by atoms with Gasteiger partial charge in [-0.2, -0.15) is 0 Å². The van der Waals surface area contributed by atoms with E-state index in [-0.39, 0.29) is 5.21 Å². The summed E-state index contributed by atoms with van der Waals surface area (Å²) < 4.78 is 23.6. The Labute approximate surface area is 102 Å². The van der Waals surface area contributed by atoms with Gasteiger partial charge >= 0.3 is 0 Å². The van der Waals surface area contributed by atoms with E-state index in [4.69, 9.17) is 11.6 Å². The molecular weight excluding hydrogens is 244 g/mol. The van der Waals surface area contributed by atoms with E-state index in [1.165, 1.54) is 24.0 Å². The molecule has 16 heavy (non-hydrogen) atoms. The molecule has 0 aliphatic heterocycles. The molecule has 4 heteroatoms. The highest BCUT2D eigenvalue weighted by atomic mass is 35.5. The first-order valence-corrected chi connectivity index (χ1v) is 7.94. The molecule has 2 aliphatic rings. The zero-order chi connectivity index (χ0) is 11.8. The number of alkyl halides is 1.